The van der Waals surface area contributed by atoms with Gasteiger partial charge in [0.15, 0.2) is 0 Å². The van der Waals surface area contributed by atoms with Gasteiger partial charge in [-0.05, 0) is 33.1 Å². The molecule has 0 rings (SSSR count). The highest BCUT2D eigenvalue weighted by Crippen LogP contribution is 2.05. The van der Waals surface area contributed by atoms with Crippen molar-refractivity contribution in [3.8, 4) is 0 Å². The molecule has 0 aromatic rings. The van der Waals surface area contributed by atoms with E-state index in [1.165, 1.54) is 0 Å². The zero-order chi connectivity index (χ0) is 12.4. The average Bonchev–Trinajstić information content (AvgIpc) is 2.24. The van der Waals surface area contributed by atoms with Crippen LogP contribution in [-0.4, -0.2) is 41.9 Å². The van der Waals surface area contributed by atoms with E-state index in [4.69, 9.17) is 9.84 Å². The quantitative estimate of drug-likeness (QED) is 0.653. The maximum atomic E-state index is 11.7. The maximum absolute atomic E-state index is 11.7. The number of aliphatic hydroxyl groups is 1. The number of carbonyl (C=O) groups excluding carboxylic acids is 1. The Balaban J connectivity index is 3.93. The van der Waals surface area contributed by atoms with Crippen LogP contribution in [0.25, 0.3) is 0 Å². The van der Waals surface area contributed by atoms with Crippen LogP contribution in [0.2, 0.25) is 0 Å². The first-order valence-corrected chi connectivity index (χ1v) is 6.17. The average molecular weight is 231 g/mol. The molecular weight excluding hydrogens is 206 g/mol. The van der Waals surface area contributed by atoms with E-state index in [0.29, 0.717) is 13.2 Å². The van der Waals surface area contributed by atoms with E-state index in [2.05, 4.69) is 6.92 Å². The minimum absolute atomic E-state index is 0.146. The Hall–Kier alpha value is -0.770. The smallest absolute Gasteiger partial charge is 0.409 e. The van der Waals surface area contributed by atoms with Crippen molar-refractivity contribution < 1.29 is 14.6 Å². The fourth-order valence-corrected chi connectivity index (χ4v) is 1.34. The van der Waals surface area contributed by atoms with Crippen LogP contribution < -0.4 is 0 Å². The van der Waals surface area contributed by atoms with Crippen LogP contribution in [0, 0.1) is 0 Å². The molecule has 0 spiro atoms. The summed E-state index contributed by atoms with van der Waals surface area (Å²) >= 11 is 0. The highest BCUT2D eigenvalue weighted by molar-refractivity contribution is 5.67. The number of hydrogen-bond donors (Lipinski definition) is 1. The Kier molecular flexibility index (Phi) is 9.00. The number of ether oxygens (including phenoxy) is 1. The molecule has 0 radical (unpaired) electrons. The Labute approximate surface area is 98.6 Å². The number of aliphatic hydroxyl groups excluding tert-OH is 1. The minimum atomic E-state index is -0.235. The van der Waals surface area contributed by atoms with Gasteiger partial charge in [0.1, 0.15) is 0 Å². The van der Waals surface area contributed by atoms with E-state index in [-0.39, 0.29) is 18.7 Å². The Morgan fingerprint density at radius 1 is 1.31 bits per heavy atom. The van der Waals surface area contributed by atoms with Crippen LogP contribution in [-0.2, 0) is 4.74 Å². The third-order valence-electron chi connectivity index (χ3n) is 2.39. The first-order valence-electron chi connectivity index (χ1n) is 6.17. The Bertz CT molecular complexity index is 183. The number of rotatable bonds is 8. The molecule has 0 aliphatic rings. The summed E-state index contributed by atoms with van der Waals surface area (Å²) in [7, 11) is 0. The highest BCUT2D eigenvalue weighted by atomic mass is 16.6. The van der Waals surface area contributed by atoms with Crippen molar-refractivity contribution in [2.24, 2.45) is 0 Å². The summed E-state index contributed by atoms with van der Waals surface area (Å²) in [6.07, 6.45) is 3.25. The van der Waals surface area contributed by atoms with Gasteiger partial charge in [0, 0.05) is 19.2 Å². The van der Waals surface area contributed by atoms with Crippen molar-refractivity contribution in [1.29, 1.82) is 0 Å². The number of amides is 1. The largest absolute Gasteiger partial charge is 0.449 e. The third-order valence-corrected chi connectivity index (χ3v) is 2.39. The molecule has 0 bridgehead atoms. The normalized spacial score (nSPS) is 10.6. The first kappa shape index (κ1) is 15.2. The Morgan fingerprint density at radius 3 is 2.50 bits per heavy atom. The molecule has 0 unspecified atom stereocenters. The fraction of sp³-hybridized carbons (Fsp3) is 0.917. The van der Waals surface area contributed by atoms with E-state index < -0.39 is 0 Å². The highest BCUT2D eigenvalue weighted by Gasteiger charge is 2.17. The maximum Gasteiger partial charge on any atom is 0.409 e. The summed E-state index contributed by atoms with van der Waals surface area (Å²) in [5, 5.41) is 8.69. The van der Waals surface area contributed by atoms with Crippen molar-refractivity contribution in [1.82, 2.24) is 4.90 Å². The molecule has 0 aromatic carbocycles. The molecule has 0 saturated carbocycles. The zero-order valence-corrected chi connectivity index (χ0v) is 10.7. The second-order valence-corrected chi connectivity index (χ2v) is 4.19. The second kappa shape index (κ2) is 9.46. The monoisotopic (exact) mass is 231 g/mol. The van der Waals surface area contributed by atoms with Gasteiger partial charge in [-0.25, -0.2) is 4.79 Å². The number of carbonyl (C=O) groups is 1. The van der Waals surface area contributed by atoms with Gasteiger partial charge in [-0.3, -0.25) is 0 Å². The van der Waals surface area contributed by atoms with E-state index in [9.17, 15) is 4.79 Å². The van der Waals surface area contributed by atoms with Gasteiger partial charge in [-0.2, -0.15) is 0 Å². The first-order chi connectivity index (χ1) is 7.63. The fourth-order valence-electron chi connectivity index (χ4n) is 1.34. The second-order valence-electron chi connectivity index (χ2n) is 4.19. The van der Waals surface area contributed by atoms with E-state index in [1.807, 2.05) is 13.8 Å². The lowest BCUT2D eigenvalue weighted by Crippen LogP contribution is -2.38. The number of nitrogens with zero attached hydrogens (tertiary/aromatic N) is 1. The molecule has 0 saturated heterocycles. The molecule has 0 aliphatic carbocycles. The van der Waals surface area contributed by atoms with Gasteiger partial charge in [0.2, 0.25) is 0 Å². The van der Waals surface area contributed by atoms with Gasteiger partial charge in [0.25, 0.3) is 0 Å². The molecule has 4 heteroatoms. The zero-order valence-electron chi connectivity index (χ0n) is 10.7. The molecule has 16 heavy (non-hydrogen) atoms. The van der Waals surface area contributed by atoms with E-state index in [1.54, 1.807) is 4.90 Å². The molecule has 0 aromatic heterocycles. The van der Waals surface area contributed by atoms with Gasteiger partial charge in [0.05, 0.1) is 6.61 Å². The topological polar surface area (TPSA) is 49.8 Å². The van der Waals surface area contributed by atoms with E-state index in [0.717, 1.165) is 25.7 Å². The third kappa shape index (κ3) is 6.67. The molecule has 4 nitrogen and oxygen atoms in total. The van der Waals surface area contributed by atoms with Crippen molar-refractivity contribution in [2.75, 3.05) is 19.8 Å². The van der Waals surface area contributed by atoms with Crippen LogP contribution >= 0.6 is 0 Å². The van der Waals surface area contributed by atoms with Crippen molar-refractivity contribution in [2.45, 2.75) is 52.5 Å². The lowest BCUT2D eigenvalue weighted by molar-refractivity contribution is 0.0890. The molecule has 0 fully saturated rings. The number of unbranched alkanes of at least 4 members (excludes halogenated alkanes) is 2. The van der Waals surface area contributed by atoms with Crippen LogP contribution in [0.1, 0.15) is 46.5 Å². The van der Waals surface area contributed by atoms with Crippen LogP contribution in [0.5, 0.6) is 0 Å². The summed E-state index contributed by atoms with van der Waals surface area (Å²) in [6.45, 7) is 7.34. The van der Waals surface area contributed by atoms with Crippen LogP contribution in [0.4, 0.5) is 4.79 Å². The van der Waals surface area contributed by atoms with Crippen LogP contribution in [0.3, 0.4) is 0 Å². The molecule has 1 N–H and O–H groups in total. The predicted molar refractivity (Wildman–Crippen MR) is 64.4 cm³/mol. The molecule has 1 amide bonds. The van der Waals surface area contributed by atoms with Crippen LogP contribution in [0.15, 0.2) is 0 Å². The van der Waals surface area contributed by atoms with Crippen molar-refractivity contribution >= 4 is 6.09 Å². The van der Waals surface area contributed by atoms with Gasteiger partial charge in [-0.15, -0.1) is 0 Å². The molecule has 0 heterocycles. The SMILES string of the molecule is CCCCOC(=O)N(CCCCO)C(C)C. The summed E-state index contributed by atoms with van der Waals surface area (Å²) in [4.78, 5) is 13.4. The summed E-state index contributed by atoms with van der Waals surface area (Å²) < 4.78 is 5.16. The lowest BCUT2D eigenvalue weighted by atomic mass is 10.2. The lowest BCUT2D eigenvalue weighted by Gasteiger charge is -2.25. The minimum Gasteiger partial charge on any atom is -0.449 e. The van der Waals surface area contributed by atoms with Crippen molar-refractivity contribution in [3.63, 3.8) is 0 Å². The summed E-state index contributed by atoms with van der Waals surface area (Å²) in [6, 6.07) is 0.146. The molecule has 0 atom stereocenters. The molecule has 0 aliphatic heterocycles. The van der Waals surface area contributed by atoms with Crippen molar-refractivity contribution in [3.05, 3.63) is 0 Å². The van der Waals surface area contributed by atoms with Gasteiger partial charge >= 0.3 is 6.09 Å². The predicted octanol–water partition coefficient (Wildman–Crippen LogP) is 2.41. The standard InChI is InChI=1S/C12H25NO3/c1-4-5-10-16-12(15)13(11(2)3)8-6-7-9-14/h11,14H,4-10H2,1-3H3. The number of hydrogen-bond acceptors (Lipinski definition) is 3. The molecular formula is C12H25NO3. The summed E-state index contributed by atoms with van der Waals surface area (Å²) in [5.41, 5.74) is 0. The Morgan fingerprint density at radius 2 is 2.00 bits per heavy atom. The van der Waals surface area contributed by atoms with E-state index >= 15 is 0 Å². The molecule has 96 valence electrons. The van der Waals surface area contributed by atoms with Gasteiger partial charge in [-0.1, -0.05) is 13.3 Å². The van der Waals surface area contributed by atoms with Gasteiger partial charge < -0.3 is 14.7 Å². The summed E-state index contributed by atoms with van der Waals surface area (Å²) in [5.74, 6) is 0.